The number of methoxy groups -OCH3 is 1. The molecule has 3 nitrogen and oxygen atoms in total. The van der Waals surface area contributed by atoms with Crippen molar-refractivity contribution in [3.8, 4) is 0 Å². The number of rotatable bonds is 2. The van der Waals surface area contributed by atoms with E-state index >= 15 is 0 Å². The first-order valence-electron chi connectivity index (χ1n) is 3.75. The molecule has 0 amide bonds. The maximum absolute atomic E-state index is 5.19. The average molecular weight is 145 g/mol. The Kier molecular flexibility index (Phi) is 3.12. The molecule has 60 valence electrons. The predicted molar refractivity (Wildman–Crippen MR) is 38.3 cm³/mol. The molecule has 3 heteroatoms. The monoisotopic (exact) mass is 145 g/mol. The Morgan fingerprint density at radius 2 is 2.00 bits per heavy atom. The molecular formula is C7H15NO2. The van der Waals surface area contributed by atoms with Crippen LogP contribution in [-0.4, -0.2) is 19.3 Å². The molecule has 0 heterocycles. The molecule has 2 atom stereocenters. The lowest BCUT2D eigenvalue weighted by molar-refractivity contribution is -0.0305. The van der Waals surface area contributed by atoms with Crippen molar-refractivity contribution < 1.29 is 9.57 Å². The summed E-state index contributed by atoms with van der Waals surface area (Å²) in [5.74, 6) is 5.06. The van der Waals surface area contributed by atoms with E-state index in [1.54, 1.807) is 7.11 Å². The Balaban J connectivity index is 2.25. The Morgan fingerprint density at radius 3 is 2.60 bits per heavy atom. The lowest BCUT2D eigenvalue weighted by Gasteiger charge is -2.26. The average Bonchev–Trinajstić information content (AvgIpc) is 2.05. The summed E-state index contributed by atoms with van der Waals surface area (Å²) in [4.78, 5) is 4.74. The van der Waals surface area contributed by atoms with Gasteiger partial charge >= 0.3 is 0 Å². The summed E-state index contributed by atoms with van der Waals surface area (Å²) >= 11 is 0. The maximum Gasteiger partial charge on any atom is 0.0812 e. The number of nitrogens with two attached hydrogens (primary N) is 1. The SMILES string of the molecule is COC1CCCC(ON)C1. The van der Waals surface area contributed by atoms with E-state index in [-0.39, 0.29) is 6.10 Å². The topological polar surface area (TPSA) is 44.5 Å². The molecule has 1 fully saturated rings. The third-order valence-electron chi connectivity index (χ3n) is 2.10. The van der Waals surface area contributed by atoms with Gasteiger partial charge in [-0.05, 0) is 19.3 Å². The van der Waals surface area contributed by atoms with E-state index < -0.39 is 0 Å². The van der Waals surface area contributed by atoms with Gasteiger partial charge in [-0.15, -0.1) is 0 Å². The minimum Gasteiger partial charge on any atom is -0.381 e. The normalized spacial score (nSPS) is 34.2. The zero-order valence-electron chi connectivity index (χ0n) is 6.38. The highest BCUT2D eigenvalue weighted by Crippen LogP contribution is 2.21. The van der Waals surface area contributed by atoms with Gasteiger partial charge < -0.3 is 9.57 Å². The Bertz CT molecular complexity index is 87.6. The summed E-state index contributed by atoms with van der Waals surface area (Å²) < 4.78 is 5.19. The molecule has 0 radical (unpaired) electrons. The van der Waals surface area contributed by atoms with E-state index in [0.29, 0.717) is 6.10 Å². The van der Waals surface area contributed by atoms with Crippen molar-refractivity contribution >= 4 is 0 Å². The van der Waals surface area contributed by atoms with Gasteiger partial charge in [-0.1, -0.05) is 0 Å². The van der Waals surface area contributed by atoms with Gasteiger partial charge in [0.25, 0.3) is 0 Å². The van der Waals surface area contributed by atoms with Crippen molar-refractivity contribution in [2.45, 2.75) is 37.9 Å². The third kappa shape index (κ3) is 1.94. The van der Waals surface area contributed by atoms with Crippen LogP contribution >= 0.6 is 0 Å². The highest BCUT2D eigenvalue weighted by atomic mass is 16.6. The highest BCUT2D eigenvalue weighted by molar-refractivity contribution is 4.72. The fourth-order valence-electron chi connectivity index (χ4n) is 1.44. The molecule has 0 aromatic heterocycles. The van der Waals surface area contributed by atoms with Crippen LogP contribution in [0.4, 0.5) is 0 Å². The van der Waals surface area contributed by atoms with Gasteiger partial charge in [0, 0.05) is 13.5 Å². The van der Waals surface area contributed by atoms with Crippen molar-refractivity contribution in [1.29, 1.82) is 0 Å². The Labute approximate surface area is 61.4 Å². The quantitative estimate of drug-likeness (QED) is 0.585. The molecular weight excluding hydrogens is 130 g/mol. The van der Waals surface area contributed by atoms with Gasteiger partial charge in [0.15, 0.2) is 0 Å². The van der Waals surface area contributed by atoms with E-state index in [2.05, 4.69) is 0 Å². The molecule has 2 unspecified atom stereocenters. The lowest BCUT2D eigenvalue weighted by atomic mass is 9.95. The van der Waals surface area contributed by atoms with Crippen LogP contribution in [0.25, 0.3) is 0 Å². The summed E-state index contributed by atoms with van der Waals surface area (Å²) in [5.41, 5.74) is 0. The summed E-state index contributed by atoms with van der Waals surface area (Å²) in [7, 11) is 1.74. The smallest absolute Gasteiger partial charge is 0.0812 e. The van der Waals surface area contributed by atoms with E-state index in [9.17, 15) is 0 Å². The molecule has 1 aliphatic carbocycles. The van der Waals surface area contributed by atoms with E-state index in [1.807, 2.05) is 0 Å². The van der Waals surface area contributed by atoms with E-state index in [0.717, 1.165) is 19.3 Å². The van der Waals surface area contributed by atoms with Crippen LogP contribution in [0.1, 0.15) is 25.7 Å². The van der Waals surface area contributed by atoms with Crippen LogP contribution in [0.3, 0.4) is 0 Å². The second kappa shape index (κ2) is 3.91. The van der Waals surface area contributed by atoms with Crippen molar-refractivity contribution in [3.63, 3.8) is 0 Å². The molecule has 1 aliphatic rings. The predicted octanol–water partition coefficient (Wildman–Crippen LogP) is 0.834. The first kappa shape index (κ1) is 7.98. The van der Waals surface area contributed by atoms with E-state index in [4.69, 9.17) is 15.5 Å². The summed E-state index contributed by atoms with van der Waals surface area (Å²) in [6.45, 7) is 0. The van der Waals surface area contributed by atoms with Crippen molar-refractivity contribution in [2.24, 2.45) is 5.90 Å². The fraction of sp³-hybridized carbons (Fsp3) is 1.00. The Hall–Kier alpha value is -0.120. The third-order valence-corrected chi connectivity index (χ3v) is 2.10. The standard InChI is InChI=1S/C7H15NO2/c1-9-6-3-2-4-7(5-6)10-8/h6-7H,2-5,8H2,1H3. The minimum atomic E-state index is 0.221. The van der Waals surface area contributed by atoms with Crippen LogP contribution in [0, 0.1) is 0 Å². The largest absolute Gasteiger partial charge is 0.381 e. The van der Waals surface area contributed by atoms with Crippen molar-refractivity contribution in [1.82, 2.24) is 0 Å². The molecule has 0 aliphatic heterocycles. The van der Waals surface area contributed by atoms with Crippen LogP contribution < -0.4 is 5.90 Å². The molecule has 0 saturated heterocycles. The van der Waals surface area contributed by atoms with Gasteiger partial charge in [0.1, 0.15) is 0 Å². The molecule has 0 bridgehead atoms. The van der Waals surface area contributed by atoms with Gasteiger partial charge in [-0.2, -0.15) is 0 Å². The molecule has 2 N–H and O–H groups in total. The van der Waals surface area contributed by atoms with Gasteiger partial charge in [0.05, 0.1) is 12.2 Å². The van der Waals surface area contributed by atoms with Gasteiger partial charge in [0.2, 0.25) is 0 Å². The number of hydrogen-bond donors (Lipinski definition) is 1. The minimum absolute atomic E-state index is 0.221. The summed E-state index contributed by atoms with van der Waals surface area (Å²) in [5, 5.41) is 0. The zero-order chi connectivity index (χ0) is 7.40. The lowest BCUT2D eigenvalue weighted by Crippen LogP contribution is -2.29. The molecule has 0 aromatic carbocycles. The molecule has 1 rings (SSSR count). The van der Waals surface area contributed by atoms with Crippen LogP contribution in [-0.2, 0) is 9.57 Å². The molecule has 0 aromatic rings. The van der Waals surface area contributed by atoms with Crippen molar-refractivity contribution in [3.05, 3.63) is 0 Å². The first-order valence-corrected chi connectivity index (χ1v) is 3.75. The van der Waals surface area contributed by atoms with Crippen LogP contribution in [0.2, 0.25) is 0 Å². The highest BCUT2D eigenvalue weighted by Gasteiger charge is 2.21. The van der Waals surface area contributed by atoms with Crippen molar-refractivity contribution in [2.75, 3.05) is 7.11 Å². The van der Waals surface area contributed by atoms with E-state index in [1.165, 1.54) is 6.42 Å². The number of ether oxygens (including phenoxy) is 1. The maximum atomic E-state index is 5.19. The van der Waals surface area contributed by atoms with Gasteiger partial charge in [-0.25, -0.2) is 5.90 Å². The number of hydrogen-bond acceptors (Lipinski definition) is 3. The van der Waals surface area contributed by atoms with Gasteiger partial charge in [-0.3, -0.25) is 0 Å². The second-order valence-corrected chi connectivity index (χ2v) is 2.78. The molecule has 0 spiro atoms. The fourth-order valence-corrected chi connectivity index (χ4v) is 1.44. The summed E-state index contributed by atoms with van der Waals surface area (Å²) in [6, 6.07) is 0. The Morgan fingerprint density at radius 1 is 1.30 bits per heavy atom. The molecule has 10 heavy (non-hydrogen) atoms. The zero-order valence-corrected chi connectivity index (χ0v) is 6.38. The van der Waals surface area contributed by atoms with Crippen LogP contribution in [0.15, 0.2) is 0 Å². The van der Waals surface area contributed by atoms with Crippen LogP contribution in [0.5, 0.6) is 0 Å². The first-order chi connectivity index (χ1) is 4.86. The molecule has 1 saturated carbocycles. The second-order valence-electron chi connectivity index (χ2n) is 2.78. The summed E-state index contributed by atoms with van der Waals surface area (Å²) in [6.07, 6.45) is 4.93.